The third-order valence-electron chi connectivity index (χ3n) is 15.4. The Morgan fingerprint density at radius 3 is 2.16 bits per heavy atom. The molecule has 1 aromatic heterocycles. The molecule has 1 aliphatic carbocycles. The molecule has 6 bridgehead atoms. The van der Waals surface area contributed by atoms with Gasteiger partial charge in [-0.1, -0.05) is 97.4 Å². The lowest BCUT2D eigenvalue weighted by Gasteiger charge is -2.41. The van der Waals surface area contributed by atoms with Crippen LogP contribution in [0, 0.1) is 23.7 Å². The summed E-state index contributed by atoms with van der Waals surface area (Å²) in [6.07, 6.45) is 10.4. The number of aliphatic carboxylic acids is 1. The number of carbonyl (C=O) groups excluding carboxylic acids is 8. The van der Waals surface area contributed by atoms with Crippen molar-refractivity contribution in [2.24, 2.45) is 23.7 Å². The van der Waals surface area contributed by atoms with E-state index in [0.29, 0.717) is 25.8 Å². The molecule has 82 heavy (non-hydrogen) atoms. The van der Waals surface area contributed by atoms with Crippen LogP contribution in [0.4, 0.5) is 11.9 Å². The fourth-order valence-electron chi connectivity index (χ4n) is 10.7. The van der Waals surface area contributed by atoms with Crippen molar-refractivity contribution < 1.29 is 57.7 Å². The molecule has 2 fully saturated rings. The van der Waals surface area contributed by atoms with Gasteiger partial charge in [0.25, 0.3) is 0 Å². The Bertz CT molecular complexity index is 2830. The van der Waals surface area contributed by atoms with E-state index in [1.807, 2.05) is 56.4 Å². The van der Waals surface area contributed by atoms with E-state index < -0.39 is 113 Å². The maximum Gasteiger partial charge on any atom is 0.326 e. The summed E-state index contributed by atoms with van der Waals surface area (Å²) in [5.41, 5.74) is 0.747. The van der Waals surface area contributed by atoms with Gasteiger partial charge in [-0.2, -0.15) is 15.0 Å². The van der Waals surface area contributed by atoms with E-state index in [1.54, 1.807) is 70.8 Å². The first-order valence-corrected chi connectivity index (χ1v) is 29.5. The van der Waals surface area contributed by atoms with E-state index in [-0.39, 0.29) is 61.0 Å². The highest BCUT2D eigenvalue weighted by molar-refractivity contribution is 8.04. The van der Waals surface area contributed by atoms with Gasteiger partial charge in [-0.25, -0.2) is 9.69 Å². The number of benzene rings is 1. The third kappa shape index (κ3) is 16.1. The summed E-state index contributed by atoms with van der Waals surface area (Å²) < 4.78 is 12.0. The van der Waals surface area contributed by atoms with Crippen molar-refractivity contribution >= 4 is 88.6 Å². The summed E-state index contributed by atoms with van der Waals surface area (Å²) in [5.74, 6) is -7.58. The molecule has 444 valence electrons. The lowest BCUT2D eigenvalue weighted by atomic mass is 9.89. The Balaban J connectivity index is 1.09. The number of carboxylic acids is 1. The number of nitrogens with one attached hydrogen (secondary N) is 3. The zero-order valence-corrected chi connectivity index (χ0v) is 50.2. The number of carbonyl (C=O) groups is 9. The fourth-order valence-corrected chi connectivity index (χ4v) is 12.6. The monoisotopic (exact) mass is 1170 g/mol. The number of carboxylic acid groups (broad SMARTS) is 1. The normalized spacial score (nSPS) is 21.8. The number of methoxy groups -OCH3 is 2. The molecule has 1 aromatic carbocycles. The number of aromatic nitrogens is 3. The van der Waals surface area contributed by atoms with Crippen molar-refractivity contribution in [3.05, 3.63) is 82.2 Å². The van der Waals surface area contributed by atoms with Crippen molar-refractivity contribution in [1.29, 1.82) is 0 Å². The van der Waals surface area contributed by atoms with Gasteiger partial charge in [0.2, 0.25) is 59.2 Å². The molecule has 0 radical (unpaired) electrons. The Labute approximate surface area is 488 Å². The average molecular weight is 1170 g/mol. The van der Waals surface area contributed by atoms with Crippen LogP contribution in [-0.2, 0) is 59.0 Å². The van der Waals surface area contributed by atoms with Gasteiger partial charge in [-0.15, -0.1) is 11.8 Å². The minimum atomic E-state index is -1.18. The van der Waals surface area contributed by atoms with Crippen LogP contribution in [0.1, 0.15) is 99.0 Å². The quantitative estimate of drug-likeness (QED) is 0.0917. The number of amides is 8. The maximum atomic E-state index is 14.8. The molecule has 4 aliphatic rings. The lowest BCUT2D eigenvalue weighted by molar-refractivity contribution is -0.149. The van der Waals surface area contributed by atoms with E-state index in [2.05, 4.69) is 30.9 Å². The smallest absolute Gasteiger partial charge is 0.326 e. The molecule has 2 aromatic rings. The minimum absolute atomic E-state index is 0.0773. The molecule has 4 heterocycles. The summed E-state index contributed by atoms with van der Waals surface area (Å²) >= 11 is 2.39. The summed E-state index contributed by atoms with van der Waals surface area (Å²) in [5, 5.41) is 17.6. The summed E-state index contributed by atoms with van der Waals surface area (Å²) in [7, 11) is 6.01. The van der Waals surface area contributed by atoms with Gasteiger partial charge < -0.3 is 39.9 Å². The molecule has 4 N–H and O–H groups in total. The van der Waals surface area contributed by atoms with Crippen molar-refractivity contribution in [1.82, 2.24) is 40.3 Å². The standard InChI is InChI=1S/C58H78N10O12S2/c1-12-34(6)49(41(79-10)30-45(71)67-28-18-23-40(67)50(80-11)35(7)51(73)59-39(55(77)78)29-36-19-14-13-15-20-36)66(9)54(76)47(32(2)3)61-52(74)48(33(4)5)65(8)44(70)27-26-43(69)60-56-62-57-64-58(63-56)82-38-22-17-16-21-37(24-25-38)81-42-31-46(72)68(57)53(42)75/h13-17,19-22,24-25,32-35,39-42,47-50H,12,18,23,26-31H2,1-11H3,(H,59,73)(H,61,74)(H,77,78)(H,60,62,63,64,69)/b17-16?,21-16-,22-17-,25-24?,37-21?,37-24+,38-22?,38-25+/t34-,35+,39-,40-,41+,42+,47-,48-,49-,50+/m0/s1. The van der Waals surface area contributed by atoms with E-state index in [9.17, 15) is 48.3 Å². The number of allylic oxidation sites excluding steroid dienone is 6. The Morgan fingerprint density at radius 2 is 1.52 bits per heavy atom. The number of fused-ring (bicyclic) bond motifs is 6. The van der Waals surface area contributed by atoms with Gasteiger partial charge in [-0.3, -0.25) is 43.7 Å². The molecule has 6 rings (SSSR count). The molecule has 0 saturated carbocycles. The van der Waals surface area contributed by atoms with Gasteiger partial charge in [0.1, 0.15) is 18.1 Å². The second kappa shape index (κ2) is 29.5. The largest absolute Gasteiger partial charge is 0.480 e. The predicted octanol–water partition coefficient (Wildman–Crippen LogP) is 5.31. The predicted molar refractivity (Wildman–Crippen MR) is 310 cm³/mol. The Kier molecular flexibility index (Phi) is 23.2. The highest BCUT2D eigenvalue weighted by Crippen LogP contribution is 2.37. The van der Waals surface area contributed by atoms with Gasteiger partial charge >= 0.3 is 5.97 Å². The van der Waals surface area contributed by atoms with Gasteiger partial charge in [0, 0.05) is 70.4 Å². The van der Waals surface area contributed by atoms with Crippen LogP contribution < -0.4 is 20.9 Å². The number of nitrogens with zero attached hydrogens (tertiary/aromatic N) is 7. The van der Waals surface area contributed by atoms with Crippen LogP contribution in [-0.4, -0.2) is 171 Å². The van der Waals surface area contributed by atoms with Gasteiger partial charge in [-0.05, 0) is 72.2 Å². The molecule has 0 spiro atoms. The van der Waals surface area contributed by atoms with Crippen LogP contribution in [0.25, 0.3) is 0 Å². The van der Waals surface area contributed by atoms with Crippen molar-refractivity contribution in [3.63, 3.8) is 0 Å². The van der Waals surface area contributed by atoms with Crippen molar-refractivity contribution in [2.45, 2.75) is 153 Å². The first-order chi connectivity index (χ1) is 39.0. The van der Waals surface area contributed by atoms with Crippen molar-refractivity contribution in [2.75, 3.05) is 45.1 Å². The van der Waals surface area contributed by atoms with E-state index in [0.717, 1.165) is 32.0 Å². The van der Waals surface area contributed by atoms with E-state index >= 15 is 0 Å². The lowest BCUT2D eigenvalue weighted by Crippen LogP contribution is -2.60. The van der Waals surface area contributed by atoms with Gasteiger partial charge in [0.05, 0.1) is 41.9 Å². The average Bonchev–Trinajstić information content (AvgIpc) is 3.81. The first-order valence-electron chi connectivity index (χ1n) is 27.8. The zero-order chi connectivity index (χ0) is 60.1. The summed E-state index contributed by atoms with van der Waals surface area (Å²) in [4.78, 5) is 144. The zero-order valence-electron chi connectivity index (χ0n) is 48.5. The summed E-state index contributed by atoms with van der Waals surface area (Å²) in [6.45, 7) is 13.1. The highest BCUT2D eigenvalue weighted by atomic mass is 32.2. The molecule has 8 amide bonds. The molecule has 2 saturated heterocycles. The van der Waals surface area contributed by atoms with Crippen LogP contribution in [0.3, 0.4) is 0 Å². The number of hydrogen-bond acceptors (Lipinski definition) is 16. The van der Waals surface area contributed by atoms with Gasteiger partial charge in [0.15, 0.2) is 5.16 Å². The molecule has 10 atom stereocenters. The number of ether oxygens (including phenoxy) is 2. The van der Waals surface area contributed by atoms with Crippen LogP contribution in [0.15, 0.2) is 81.8 Å². The number of likely N-dealkylation sites (tertiary alicyclic amines) is 1. The number of rotatable bonds is 25. The second-order valence-electron chi connectivity index (χ2n) is 21.7. The van der Waals surface area contributed by atoms with Crippen molar-refractivity contribution in [3.8, 4) is 0 Å². The van der Waals surface area contributed by atoms with Crippen LogP contribution in [0.5, 0.6) is 0 Å². The Morgan fingerprint density at radius 1 is 0.841 bits per heavy atom. The number of thioether (sulfide) groups is 2. The van der Waals surface area contributed by atoms with E-state index in [1.165, 1.54) is 42.8 Å². The Hall–Kier alpha value is -6.76. The number of likely N-dealkylation sites (N-methyl/N-ethyl adjacent to an activating group) is 2. The molecular formula is C58H78N10O12S2. The topological polar surface area (TPSA) is 280 Å². The first kappa shape index (κ1) is 64.4. The number of hydrogen-bond donors (Lipinski definition) is 4. The van der Waals surface area contributed by atoms with Crippen LogP contribution in [0.2, 0.25) is 0 Å². The third-order valence-corrected chi connectivity index (χ3v) is 17.4. The molecular weight excluding hydrogens is 1090 g/mol. The SMILES string of the molecule is CC[C@H](C)[C@@H]([C@@H](CC(=O)N1CCC[C@H]1[C@H](OC)[C@@H](C)C(=O)N[C@@H](Cc1ccccc1)C(=O)O)OC)N(C)C(=O)[C@@H](NC(=O)[C@H](C(C)C)N(C)C(=O)CCC(=O)Nc1nc2nc(n1)N1C(=O)C[C@@H](SC3=C/C=C(\C=C/C=C\3)S2)C1=O)C(C)C. The molecule has 0 unspecified atom stereocenters. The maximum absolute atomic E-state index is 14.8. The fraction of sp³-hybridized carbons (Fsp3) is 0.552. The molecule has 3 aliphatic heterocycles. The highest BCUT2D eigenvalue weighted by Gasteiger charge is 2.45. The number of imide groups is 1. The molecule has 22 nitrogen and oxygen atoms in total. The molecule has 24 heteroatoms. The summed E-state index contributed by atoms with van der Waals surface area (Å²) in [6, 6.07) is 4.50. The minimum Gasteiger partial charge on any atom is -0.480 e. The van der Waals surface area contributed by atoms with Crippen LogP contribution >= 0.6 is 23.5 Å². The van der Waals surface area contributed by atoms with E-state index in [4.69, 9.17) is 9.47 Å². The second-order valence-corrected chi connectivity index (χ2v) is 24.0. The number of anilines is 2.